The summed E-state index contributed by atoms with van der Waals surface area (Å²) in [5.74, 6) is 1.97. The third-order valence-corrected chi connectivity index (χ3v) is 6.29. The first-order valence-corrected chi connectivity index (χ1v) is 10.7. The van der Waals surface area contributed by atoms with Crippen molar-refractivity contribution in [2.24, 2.45) is 11.8 Å². The van der Waals surface area contributed by atoms with Crippen LogP contribution in [0.25, 0.3) is 10.9 Å². The number of methoxy groups -OCH3 is 1. The lowest BCUT2D eigenvalue weighted by molar-refractivity contribution is 0.102. The Bertz CT molecular complexity index is 1050. The Morgan fingerprint density at radius 1 is 1.17 bits per heavy atom. The molecule has 1 aromatic carbocycles. The number of anilines is 1. The fourth-order valence-electron chi connectivity index (χ4n) is 4.43. The summed E-state index contributed by atoms with van der Waals surface area (Å²) in [6, 6.07) is 6.10. The minimum absolute atomic E-state index is 0.205. The van der Waals surface area contributed by atoms with E-state index >= 15 is 0 Å². The van der Waals surface area contributed by atoms with Crippen LogP contribution in [0.5, 0.6) is 5.75 Å². The summed E-state index contributed by atoms with van der Waals surface area (Å²) in [4.78, 5) is 16.8. The number of nitrogens with zero attached hydrogens (tertiary/aromatic N) is 3. The molecule has 6 heteroatoms. The number of carbonyl (C=O) groups is 1. The van der Waals surface area contributed by atoms with Crippen LogP contribution in [-0.4, -0.2) is 27.8 Å². The van der Waals surface area contributed by atoms with Crippen LogP contribution in [0.1, 0.15) is 61.5 Å². The van der Waals surface area contributed by atoms with E-state index in [4.69, 9.17) is 9.84 Å². The molecule has 3 aromatic rings. The first-order valence-electron chi connectivity index (χ1n) is 10.7. The molecule has 2 aromatic heterocycles. The normalized spacial score (nSPS) is 19.2. The monoisotopic (exact) mass is 406 g/mol. The van der Waals surface area contributed by atoms with Crippen molar-refractivity contribution >= 4 is 22.5 Å². The van der Waals surface area contributed by atoms with Gasteiger partial charge in [0.1, 0.15) is 5.75 Å². The van der Waals surface area contributed by atoms with Crippen LogP contribution in [0.4, 0.5) is 5.69 Å². The lowest BCUT2D eigenvalue weighted by Crippen LogP contribution is -2.21. The van der Waals surface area contributed by atoms with Crippen molar-refractivity contribution in [1.29, 1.82) is 0 Å². The number of aromatic nitrogens is 3. The largest absolute Gasteiger partial charge is 0.494 e. The summed E-state index contributed by atoms with van der Waals surface area (Å²) < 4.78 is 7.64. The number of amides is 1. The molecular formula is C24H30N4O2. The van der Waals surface area contributed by atoms with E-state index < -0.39 is 0 Å². The third-order valence-electron chi connectivity index (χ3n) is 6.29. The van der Waals surface area contributed by atoms with Crippen LogP contribution in [0.2, 0.25) is 0 Å². The molecule has 0 bridgehead atoms. The van der Waals surface area contributed by atoms with Crippen molar-refractivity contribution in [3.05, 3.63) is 47.9 Å². The Balaban J connectivity index is 1.57. The van der Waals surface area contributed by atoms with Crippen molar-refractivity contribution in [3.8, 4) is 5.75 Å². The minimum Gasteiger partial charge on any atom is -0.494 e. The molecule has 1 aliphatic rings. The molecule has 1 aliphatic carbocycles. The fourth-order valence-corrected chi connectivity index (χ4v) is 4.43. The second kappa shape index (κ2) is 8.46. The van der Waals surface area contributed by atoms with Crippen molar-refractivity contribution in [1.82, 2.24) is 14.8 Å². The van der Waals surface area contributed by atoms with E-state index in [0.717, 1.165) is 41.1 Å². The summed E-state index contributed by atoms with van der Waals surface area (Å²) >= 11 is 0. The molecule has 0 radical (unpaired) electrons. The van der Waals surface area contributed by atoms with Gasteiger partial charge in [-0.2, -0.15) is 5.10 Å². The van der Waals surface area contributed by atoms with Gasteiger partial charge >= 0.3 is 0 Å². The molecule has 1 fully saturated rings. The standard InChI is InChI=1S/C24H30N4O2/c1-15(2)17-5-7-20(8-6-17)28-14-19-10-22(23(30-4)11-21(19)27-28)26-24(29)18-9-16(3)12-25-13-18/h9-15,17,20H,5-8H2,1-4H3,(H,26,29). The Labute approximate surface area is 177 Å². The topological polar surface area (TPSA) is 69.0 Å². The molecule has 0 saturated heterocycles. The van der Waals surface area contributed by atoms with E-state index in [-0.39, 0.29) is 5.91 Å². The quantitative estimate of drug-likeness (QED) is 0.617. The highest BCUT2D eigenvalue weighted by Crippen LogP contribution is 2.37. The predicted molar refractivity (Wildman–Crippen MR) is 119 cm³/mol. The van der Waals surface area contributed by atoms with E-state index in [0.29, 0.717) is 23.0 Å². The zero-order valence-corrected chi connectivity index (χ0v) is 18.2. The average molecular weight is 407 g/mol. The zero-order chi connectivity index (χ0) is 21.3. The molecule has 4 rings (SSSR count). The second-order valence-electron chi connectivity index (χ2n) is 8.74. The molecule has 0 spiro atoms. The Morgan fingerprint density at radius 3 is 2.60 bits per heavy atom. The van der Waals surface area contributed by atoms with Gasteiger partial charge in [-0.1, -0.05) is 13.8 Å². The minimum atomic E-state index is -0.205. The van der Waals surface area contributed by atoms with Crippen molar-refractivity contribution < 1.29 is 9.53 Å². The molecule has 1 N–H and O–H groups in total. The van der Waals surface area contributed by atoms with Gasteiger partial charge in [-0.15, -0.1) is 0 Å². The van der Waals surface area contributed by atoms with E-state index in [1.54, 1.807) is 19.5 Å². The van der Waals surface area contributed by atoms with Crippen molar-refractivity contribution in [3.63, 3.8) is 0 Å². The average Bonchev–Trinajstić information content (AvgIpc) is 3.16. The molecule has 158 valence electrons. The molecule has 0 aliphatic heterocycles. The van der Waals surface area contributed by atoms with E-state index in [2.05, 4.69) is 35.0 Å². The van der Waals surface area contributed by atoms with Gasteiger partial charge in [0.05, 0.1) is 29.9 Å². The predicted octanol–water partition coefficient (Wildman–Crippen LogP) is 5.39. The van der Waals surface area contributed by atoms with Crippen LogP contribution in [0, 0.1) is 18.8 Å². The number of aryl methyl sites for hydroxylation is 1. The van der Waals surface area contributed by atoms with E-state index in [1.807, 2.05) is 25.1 Å². The molecule has 0 unspecified atom stereocenters. The van der Waals surface area contributed by atoms with E-state index in [1.165, 1.54) is 12.8 Å². The Hall–Kier alpha value is -2.89. The summed E-state index contributed by atoms with van der Waals surface area (Å²) in [6.45, 7) is 6.56. The first kappa shape index (κ1) is 20.4. The summed E-state index contributed by atoms with van der Waals surface area (Å²) in [5, 5.41) is 8.78. The van der Waals surface area contributed by atoms with Crippen LogP contribution < -0.4 is 10.1 Å². The highest BCUT2D eigenvalue weighted by Gasteiger charge is 2.25. The SMILES string of the molecule is COc1cc2nn(C3CCC(C(C)C)CC3)cc2cc1NC(=O)c1cncc(C)c1. The number of benzene rings is 1. The molecule has 30 heavy (non-hydrogen) atoms. The zero-order valence-electron chi connectivity index (χ0n) is 18.2. The third kappa shape index (κ3) is 4.18. The molecule has 1 saturated carbocycles. The lowest BCUT2D eigenvalue weighted by Gasteiger charge is -2.30. The van der Waals surface area contributed by atoms with Gasteiger partial charge in [0.2, 0.25) is 0 Å². The van der Waals surface area contributed by atoms with E-state index in [9.17, 15) is 4.79 Å². The number of ether oxygens (including phenoxy) is 1. The van der Waals surface area contributed by atoms with Gasteiger partial charge in [-0.05, 0) is 62.1 Å². The first-order chi connectivity index (χ1) is 14.4. The van der Waals surface area contributed by atoms with Gasteiger partial charge < -0.3 is 10.1 Å². The van der Waals surface area contributed by atoms with Crippen LogP contribution in [0.15, 0.2) is 36.8 Å². The maximum absolute atomic E-state index is 12.7. The van der Waals surface area contributed by atoms with Gasteiger partial charge in [-0.3, -0.25) is 14.5 Å². The highest BCUT2D eigenvalue weighted by molar-refractivity contribution is 6.06. The maximum atomic E-state index is 12.7. The lowest BCUT2D eigenvalue weighted by atomic mass is 9.80. The molecule has 2 heterocycles. The highest BCUT2D eigenvalue weighted by atomic mass is 16.5. The van der Waals surface area contributed by atoms with Gasteiger partial charge in [0, 0.05) is 30.0 Å². The summed E-state index contributed by atoms with van der Waals surface area (Å²) in [5.41, 5.74) is 2.99. The summed E-state index contributed by atoms with van der Waals surface area (Å²) in [7, 11) is 1.61. The van der Waals surface area contributed by atoms with Crippen LogP contribution in [0.3, 0.4) is 0 Å². The number of pyridine rings is 1. The number of hydrogen-bond acceptors (Lipinski definition) is 4. The summed E-state index contributed by atoms with van der Waals surface area (Å²) in [6.07, 6.45) is 10.2. The van der Waals surface area contributed by atoms with Crippen molar-refractivity contribution in [2.45, 2.75) is 52.5 Å². The van der Waals surface area contributed by atoms with Gasteiger partial charge in [0.25, 0.3) is 5.91 Å². The molecule has 0 atom stereocenters. The number of hydrogen-bond donors (Lipinski definition) is 1. The Morgan fingerprint density at radius 2 is 1.93 bits per heavy atom. The van der Waals surface area contributed by atoms with Crippen LogP contribution >= 0.6 is 0 Å². The maximum Gasteiger partial charge on any atom is 0.257 e. The molecule has 1 amide bonds. The number of nitrogens with one attached hydrogen (secondary N) is 1. The molecule has 6 nitrogen and oxygen atoms in total. The van der Waals surface area contributed by atoms with Gasteiger partial charge in [-0.25, -0.2) is 0 Å². The number of fused-ring (bicyclic) bond motifs is 1. The van der Waals surface area contributed by atoms with Gasteiger partial charge in [0.15, 0.2) is 0 Å². The van der Waals surface area contributed by atoms with Crippen LogP contribution in [-0.2, 0) is 0 Å². The van der Waals surface area contributed by atoms with Crippen molar-refractivity contribution in [2.75, 3.05) is 12.4 Å². The Kier molecular flexibility index (Phi) is 5.75. The second-order valence-corrected chi connectivity index (χ2v) is 8.74. The fraction of sp³-hybridized carbons (Fsp3) is 0.458. The molecular weight excluding hydrogens is 376 g/mol. The number of rotatable bonds is 5. The smallest absolute Gasteiger partial charge is 0.257 e. The number of carbonyl (C=O) groups excluding carboxylic acids is 1.